The Morgan fingerprint density at radius 3 is 2.52 bits per heavy atom. The molecule has 150 valence electrons. The van der Waals surface area contributed by atoms with E-state index in [1.807, 2.05) is 0 Å². The SMILES string of the molecule is CNC(=O)Nc1ccc(Oc2ccnc3cc(OC)c(C(=O)OC)cc23)cc1Cl. The van der Waals surface area contributed by atoms with E-state index in [0.29, 0.717) is 38.9 Å². The highest BCUT2D eigenvalue weighted by atomic mass is 35.5. The Balaban J connectivity index is 1.99. The van der Waals surface area contributed by atoms with Gasteiger partial charge in [0.05, 0.1) is 30.4 Å². The average molecular weight is 416 g/mol. The predicted molar refractivity (Wildman–Crippen MR) is 109 cm³/mol. The van der Waals surface area contributed by atoms with Gasteiger partial charge in [-0.1, -0.05) is 11.6 Å². The van der Waals surface area contributed by atoms with Gasteiger partial charge < -0.3 is 24.8 Å². The number of urea groups is 1. The lowest BCUT2D eigenvalue weighted by atomic mass is 10.1. The van der Waals surface area contributed by atoms with Crippen LogP contribution >= 0.6 is 11.6 Å². The van der Waals surface area contributed by atoms with Crippen LogP contribution in [0.5, 0.6) is 17.2 Å². The first-order chi connectivity index (χ1) is 14.0. The van der Waals surface area contributed by atoms with Crippen molar-refractivity contribution in [2.45, 2.75) is 0 Å². The number of fused-ring (bicyclic) bond motifs is 1. The summed E-state index contributed by atoms with van der Waals surface area (Å²) >= 11 is 6.23. The van der Waals surface area contributed by atoms with Gasteiger partial charge in [0.1, 0.15) is 22.8 Å². The molecule has 0 aliphatic carbocycles. The van der Waals surface area contributed by atoms with Gasteiger partial charge in [-0.05, 0) is 24.3 Å². The van der Waals surface area contributed by atoms with Crippen molar-refractivity contribution in [1.29, 1.82) is 0 Å². The minimum atomic E-state index is -0.536. The molecular formula is C20H18ClN3O5. The minimum absolute atomic E-state index is 0.253. The fourth-order valence-electron chi connectivity index (χ4n) is 2.65. The number of halogens is 1. The zero-order chi connectivity index (χ0) is 21.0. The van der Waals surface area contributed by atoms with Gasteiger partial charge in [-0.2, -0.15) is 0 Å². The number of hydrogen-bond donors (Lipinski definition) is 2. The monoisotopic (exact) mass is 415 g/mol. The number of ether oxygens (including phenoxy) is 3. The summed E-state index contributed by atoms with van der Waals surface area (Å²) in [6, 6.07) is 9.38. The number of benzene rings is 2. The topological polar surface area (TPSA) is 98.8 Å². The number of nitrogens with zero attached hydrogens (tertiary/aromatic N) is 1. The lowest BCUT2D eigenvalue weighted by Gasteiger charge is -2.13. The highest BCUT2D eigenvalue weighted by Gasteiger charge is 2.17. The Morgan fingerprint density at radius 2 is 1.86 bits per heavy atom. The number of esters is 1. The van der Waals surface area contributed by atoms with Crippen LogP contribution in [0.15, 0.2) is 42.6 Å². The minimum Gasteiger partial charge on any atom is -0.496 e. The summed E-state index contributed by atoms with van der Waals surface area (Å²) in [6.45, 7) is 0. The van der Waals surface area contributed by atoms with E-state index in [1.165, 1.54) is 21.3 Å². The molecule has 2 N–H and O–H groups in total. The normalized spacial score (nSPS) is 10.3. The molecule has 0 aliphatic heterocycles. The average Bonchev–Trinajstić information content (AvgIpc) is 2.74. The molecule has 8 nitrogen and oxygen atoms in total. The van der Waals surface area contributed by atoms with Crippen molar-refractivity contribution in [2.24, 2.45) is 0 Å². The van der Waals surface area contributed by atoms with E-state index in [-0.39, 0.29) is 11.6 Å². The molecule has 0 unspecified atom stereocenters. The standard InChI is InChI=1S/C20H18ClN3O5/c1-22-20(26)24-15-5-4-11(8-14(15)21)29-17-6-7-23-16-10-18(27-2)13(9-12(16)17)19(25)28-3/h4-10H,1-3H3,(H2,22,24,26). The highest BCUT2D eigenvalue weighted by molar-refractivity contribution is 6.33. The van der Waals surface area contributed by atoms with Gasteiger partial charge >= 0.3 is 12.0 Å². The second-order valence-corrected chi connectivity index (χ2v) is 6.23. The summed E-state index contributed by atoms with van der Waals surface area (Å²) in [7, 11) is 4.26. The van der Waals surface area contributed by atoms with Crippen molar-refractivity contribution in [1.82, 2.24) is 10.3 Å². The van der Waals surface area contributed by atoms with Crippen LogP contribution in [0.1, 0.15) is 10.4 Å². The van der Waals surface area contributed by atoms with Gasteiger partial charge in [0.2, 0.25) is 0 Å². The Kier molecular flexibility index (Phi) is 6.04. The van der Waals surface area contributed by atoms with Crippen molar-refractivity contribution in [2.75, 3.05) is 26.6 Å². The van der Waals surface area contributed by atoms with Gasteiger partial charge in [-0.15, -0.1) is 0 Å². The third kappa shape index (κ3) is 4.33. The number of amides is 2. The van der Waals surface area contributed by atoms with Crippen molar-refractivity contribution in [3.05, 3.63) is 53.2 Å². The highest BCUT2D eigenvalue weighted by Crippen LogP contribution is 2.35. The van der Waals surface area contributed by atoms with E-state index < -0.39 is 5.97 Å². The number of carbonyl (C=O) groups is 2. The van der Waals surface area contributed by atoms with Crippen molar-refractivity contribution in [3.8, 4) is 17.2 Å². The molecule has 9 heteroatoms. The first-order valence-corrected chi connectivity index (χ1v) is 8.85. The maximum absolute atomic E-state index is 12.1. The van der Waals surface area contributed by atoms with Gasteiger partial charge in [-0.3, -0.25) is 4.98 Å². The Labute approximate surface area is 171 Å². The molecule has 2 aromatic carbocycles. The predicted octanol–water partition coefficient (Wildman–Crippen LogP) is 4.23. The van der Waals surface area contributed by atoms with Crippen LogP contribution < -0.4 is 20.1 Å². The van der Waals surface area contributed by atoms with E-state index in [4.69, 9.17) is 25.8 Å². The molecule has 0 spiro atoms. The van der Waals surface area contributed by atoms with Crippen molar-refractivity contribution < 1.29 is 23.8 Å². The molecule has 0 atom stereocenters. The maximum atomic E-state index is 12.1. The van der Waals surface area contributed by atoms with Gasteiger partial charge in [0.25, 0.3) is 0 Å². The number of rotatable bonds is 5. The zero-order valence-electron chi connectivity index (χ0n) is 15.9. The second kappa shape index (κ2) is 8.66. The summed E-state index contributed by atoms with van der Waals surface area (Å²) in [5.74, 6) is 0.721. The van der Waals surface area contributed by atoms with Crippen LogP contribution in [0.4, 0.5) is 10.5 Å². The fourth-order valence-corrected chi connectivity index (χ4v) is 2.87. The van der Waals surface area contributed by atoms with Gasteiger partial charge in [0, 0.05) is 30.8 Å². The number of nitrogens with one attached hydrogen (secondary N) is 2. The van der Waals surface area contributed by atoms with E-state index in [0.717, 1.165) is 0 Å². The molecular weight excluding hydrogens is 398 g/mol. The van der Waals surface area contributed by atoms with E-state index >= 15 is 0 Å². The van der Waals surface area contributed by atoms with E-state index in [9.17, 15) is 9.59 Å². The summed E-state index contributed by atoms with van der Waals surface area (Å²) in [6.07, 6.45) is 1.58. The molecule has 0 fully saturated rings. The largest absolute Gasteiger partial charge is 0.496 e. The first-order valence-electron chi connectivity index (χ1n) is 8.48. The second-order valence-electron chi connectivity index (χ2n) is 5.82. The Morgan fingerprint density at radius 1 is 1.07 bits per heavy atom. The lowest BCUT2D eigenvalue weighted by molar-refractivity contribution is 0.0597. The van der Waals surface area contributed by atoms with Crippen LogP contribution in [0, 0.1) is 0 Å². The fraction of sp³-hybridized carbons (Fsp3) is 0.150. The van der Waals surface area contributed by atoms with Gasteiger partial charge in [-0.25, -0.2) is 9.59 Å². The molecule has 0 saturated carbocycles. The molecule has 3 aromatic rings. The molecule has 1 aromatic heterocycles. The summed E-state index contributed by atoms with van der Waals surface area (Å²) < 4.78 is 16.0. The van der Waals surface area contributed by atoms with Crippen LogP contribution in [-0.2, 0) is 4.74 Å². The van der Waals surface area contributed by atoms with Crippen molar-refractivity contribution in [3.63, 3.8) is 0 Å². The number of pyridine rings is 1. The van der Waals surface area contributed by atoms with Crippen LogP contribution in [0.25, 0.3) is 10.9 Å². The summed E-state index contributed by atoms with van der Waals surface area (Å²) in [4.78, 5) is 27.8. The number of carbonyl (C=O) groups excluding carboxylic acids is 2. The summed E-state index contributed by atoms with van der Waals surface area (Å²) in [5, 5.41) is 5.96. The number of hydrogen-bond acceptors (Lipinski definition) is 6. The van der Waals surface area contributed by atoms with Gasteiger partial charge in [0.15, 0.2) is 0 Å². The molecule has 1 heterocycles. The molecule has 2 amide bonds. The molecule has 3 rings (SSSR count). The van der Waals surface area contributed by atoms with E-state index in [2.05, 4.69) is 15.6 Å². The smallest absolute Gasteiger partial charge is 0.341 e. The number of aromatic nitrogens is 1. The van der Waals surface area contributed by atoms with Crippen LogP contribution in [0.2, 0.25) is 5.02 Å². The lowest BCUT2D eigenvalue weighted by Crippen LogP contribution is -2.24. The zero-order valence-corrected chi connectivity index (χ0v) is 16.7. The molecule has 29 heavy (non-hydrogen) atoms. The Hall–Kier alpha value is -3.52. The molecule has 0 aliphatic rings. The van der Waals surface area contributed by atoms with Crippen molar-refractivity contribution >= 4 is 40.2 Å². The number of anilines is 1. The third-order valence-electron chi connectivity index (χ3n) is 4.07. The quantitative estimate of drug-likeness (QED) is 0.605. The number of methoxy groups -OCH3 is 2. The summed E-state index contributed by atoms with van der Waals surface area (Å²) in [5.41, 5.74) is 1.27. The first kappa shape index (κ1) is 20.2. The molecule has 0 radical (unpaired) electrons. The van der Waals surface area contributed by atoms with Crippen LogP contribution in [-0.4, -0.2) is 38.3 Å². The third-order valence-corrected chi connectivity index (χ3v) is 4.38. The Bertz CT molecular complexity index is 1090. The van der Waals surface area contributed by atoms with E-state index in [1.54, 1.807) is 42.6 Å². The molecule has 0 saturated heterocycles. The molecule has 0 bridgehead atoms. The van der Waals surface area contributed by atoms with Crippen LogP contribution in [0.3, 0.4) is 0 Å². The maximum Gasteiger partial charge on any atom is 0.341 e.